The first-order valence-corrected chi connectivity index (χ1v) is 8.69. The van der Waals surface area contributed by atoms with Gasteiger partial charge in [0.25, 0.3) is 5.91 Å². The van der Waals surface area contributed by atoms with Gasteiger partial charge in [0.2, 0.25) is 0 Å². The maximum absolute atomic E-state index is 12.3. The van der Waals surface area contributed by atoms with Gasteiger partial charge in [-0.1, -0.05) is 17.7 Å². The molecule has 0 saturated carbocycles. The molecule has 7 heteroatoms. The number of anilines is 1. The molecule has 3 rings (SSSR count). The fourth-order valence-corrected chi connectivity index (χ4v) is 3.02. The molecule has 0 radical (unpaired) electrons. The van der Waals surface area contributed by atoms with E-state index in [4.69, 9.17) is 16.3 Å². The molecule has 1 fully saturated rings. The molecule has 0 unspecified atom stereocenters. The van der Waals surface area contributed by atoms with E-state index in [9.17, 15) is 9.59 Å². The molecule has 0 bridgehead atoms. The van der Waals surface area contributed by atoms with Gasteiger partial charge in [-0.3, -0.25) is 10.1 Å². The van der Waals surface area contributed by atoms with Crippen molar-refractivity contribution in [2.45, 2.75) is 0 Å². The number of hydrogen-bond donors (Lipinski definition) is 1. The summed E-state index contributed by atoms with van der Waals surface area (Å²) >= 11 is 6.03. The normalized spacial score (nSPS) is 14.1. The zero-order chi connectivity index (χ0) is 18.5. The third kappa shape index (κ3) is 4.26. The first kappa shape index (κ1) is 18.1. The molecule has 1 heterocycles. The smallest absolute Gasteiger partial charge is 0.324 e. The fourth-order valence-electron chi connectivity index (χ4n) is 2.83. The van der Waals surface area contributed by atoms with Crippen LogP contribution in [0.1, 0.15) is 10.4 Å². The molecule has 1 aliphatic heterocycles. The van der Waals surface area contributed by atoms with Crippen LogP contribution in [-0.4, -0.2) is 50.1 Å². The van der Waals surface area contributed by atoms with Crippen LogP contribution in [0.25, 0.3) is 0 Å². The van der Waals surface area contributed by atoms with Crippen molar-refractivity contribution in [2.24, 2.45) is 0 Å². The van der Waals surface area contributed by atoms with Crippen LogP contribution in [0.15, 0.2) is 48.5 Å². The third-order valence-electron chi connectivity index (χ3n) is 4.31. The Kier molecular flexibility index (Phi) is 5.63. The molecule has 136 valence electrons. The molecule has 26 heavy (non-hydrogen) atoms. The predicted molar refractivity (Wildman–Crippen MR) is 101 cm³/mol. The number of benzene rings is 2. The summed E-state index contributed by atoms with van der Waals surface area (Å²) in [6.45, 7) is 2.44. The number of rotatable bonds is 3. The van der Waals surface area contributed by atoms with Gasteiger partial charge in [-0.05, 0) is 42.5 Å². The Hall–Kier alpha value is -2.73. The summed E-state index contributed by atoms with van der Waals surface area (Å²) < 4.78 is 5.06. The molecule has 0 aliphatic carbocycles. The lowest BCUT2D eigenvalue weighted by atomic mass is 10.2. The van der Waals surface area contributed by atoms with Gasteiger partial charge in [0.1, 0.15) is 5.75 Å². The number of hydrogen-bond acceptors (Lipinski definition) is 4. The molecule has 1 N–H and O–H groups in total. The van der Waals surface area contributed by atoms with Crippen LogP contribution in [0.3, 0.4) is 0 Å². The highest BCUT2D eigenvalue weighted by Gasteiger charge is 2.23. The van der Waals surface area contributed by atoms with Crippen LogP contribution in [0.5, 0.6) is 5.75 Å². The van der Waals surface area contributed by atoms with E-state index in [2.05, 4.69) is 10.2 Å². The largest absolute Gasteiger partial charge is 0.497 e. The molecule has 0 atom stereocenters. The topological polar surface area (TPSA) is 61.9 Å². The fraction of sp³-hybridized carbons (Fsp3) is 0.263. The molecule has 1 aliphatic rings. The lowest BCUT2D eigenvalue weighted by molar-refractivity contribution is 0.0951. The quantitative estimate of drug-likeness (QED) is 0.898. The van der Waals surface area contributed by atoms with Crippen LogP contribution < -0.4 is 15.0 Å². The minimum atomic E-state index is -0.421. The Morgan fingerprint density at radius 3 is 2.35 bits per heavy atom. The Labute approximate surface area is 157 Å². The Morgan fingerprint density at radius 2 is 1.73 bits per heavy atom. The number of urea groups is 1. The molecule has 0 aromatic heterocycles. The van der Waals surface area contributed by atoms with Crippen molar-refractivity contribution in [1.82, 2.24) is 10.2 Å². The Morgan fingerprint density at radius 1 is 1.04 bits per heavy atom. The van der Waals surface area contributed by atoms with Crippen molar-refractivity contribution in [3.05, 3.63) is 59.1 Å². The van der Waals surface area contributed by atoms with Crippen molar-refractivity contribution in [1.29, 1.82) is 0 Å². The molecule has 3 amide bonds. The van der Waals surface area contributed by atoms with Crippen molar-refractivity contribution >= 4 is 29.2 Å². The average Bonchev–Trinajstić information content (AvgIpc) is 2.68. The van der Waals surface area contributed by atoms with E-state index in [1.54, 1.807) is 36.3 Å². The van der Waals surface area contributed by atoms with Gasteiger partial charge < -0.3 is 14.5 Å². The van der Waals surface area contributed by atoms with Gasteiger partial charge in [-0.25, -0.2) is 4.79 Å². The minimum Gasteiger partial charge on any atom is -0.497 e. The standard InChI is InChI=1S/C19H20ClN3O3/c1-26-17-7-5-14(6-8-17)18(24)21-19(25)23-11-9-22(10-12-23)16-4-2-3-15(20)13-16/h2-8,13H,9-12H2,1H3,(H,21,24,25). The summed E-state index contributed by atoms with van der Waals surface area (Å²) in [6.07, 6.45) is 0. The highest BCUT2D eigenvalue weighted by Crippen LogP contribution is 2.20. The highest BCUT2D eigenvalue weighted by atomic mass is 35.5. The summed E-state index contributed by atoms with van der Waals surface area (Å²) in [5.74, 6) is 0.236. The van der Waals surface area contributed by atoms with Crippen LogP contribution >= 0.6 is 11.6 Å². The Bertz CT molecular complexity index is 787. The van der Waals surface area contributed by atoms with Crippen molar-refractivity contribution in [3.8, 4) is 5.75 Å². The number of ether oxygens (including phenoxy) is 1. The molecule has 1 saturated heterocycles. The summed E-state index contributed by atoms with van der Waals surface area (Å²) in [7, 11) is 1.56. The number of piperazine rings is 1. The highest BCUT2D eigenvalue weighted by molar-refractivity contribution is 6.30. The maximum Gasteiger partial charge on any atom is 0.324 e. The van der Waals surface area contributed by atoms with E-state index in [0.717, 1.165) is 5.69 Å². The number of methoxy groups -OCH3 is 1. The first-order chi connectivity index (χ1) is 12.6. The van der Waals surface area contributed by atoms with Gasteiger partial charge in [0.05, 0.1) is 7.11 Å². The number of amides is 3. The maximum atomic E-state index is 12.3. The molecular weight excluding hydrogens is 354 g/mol. The number of imide groups is 1. The first-order valence-electron chi connectivity index (χ1n) is 8.31. The van der Waals surface area contributed by atoms with Gasteiger partial charge in [0.15, 0.2) is 0 Å². The number of carbonyl (C=O) groups is 2. The second-order valence-electron chi connectivity index (χ2n) is 5.94. The SMILES string of the molecule is COc1ccc(C(=O)NC(=O)N2CCN(c3cccc(Cl)c3)CC2)cc1. The van der Waals surface area contributed by atoms with E-state index >= 15 is 0 Å². The second kappa shape index (κ2) is 8.10. The van der Waals surface area contributed by atoms with E-state index in [1.807, 2.05) is 24.3 Å². The number of nitrogens with one attached hydrogen (secondary N) is 1. The number of carbonyl (C=O) groups excluding carboxylic acids is 2. The zero-order valence-corrected chi connectivity index (χ0v) is 15.2. The lowest BCUT2D eigenvalue weighted by Crippen LogP contribution is -2.52. The van der Waals surface area contributed by atoms with Crippen LogP contribution in [0, 0.1) is 0 Å². The second-order valence-corrected chi connectivity index (χ2v) is 6.38. The summed E-state index contributed by atoms with van der Waals surface area (Å²) in [4.78, 5) is 28.3. The van der Waals surface area contributed by atoms with E-state index in [-0.39, 0.29) is 6.03 Å². The van der Waals surface area contributed by atoms with Crippen LogP contribution in [0.4, 0.5) is 10.5 Å². The van der Waals surface area contributed by atoms with Crippen molar-refractivity contribution in [2.75, 3.05) is 38.2 Å². The molecular formula is C19H20ClN3O3. The summed E-state index contributed by atoms with van der Waals surface area (Å²) in [6, 6.07) is 13.9. The monoisotopic (exact) mass is 373 g/mol. The lowest BCUT2D eigenvalue weighted by Gasteiger charge is -2.36. The minimum absolute atomic E-state index is 0.378. The average molecular weight is 374 g/mol. The number of nitrogens with zero attached hydrogens (tertiary/aromatic N) is 2. The van der Waals surface area contributed by atoms with Crippen LogP contribution in [-0.2, 0) is 0 Å². The predicted octanol–water partition coefficient (Wildman–Crippen LogP) is 3.02. The van der Waals surface area contributed by atoms with Crippen molar-refractivity contribution < 1.29 is 14.3 Å². The van der Waals surface area contributed by atoms with E-state index in [0.29, 0.717) is 42.5 Å². The third-order valence-corrected chi connectivity index (χ3v) is 4.55. The molecule has 2 aromatic carbocycles. The van der Waals surface area contributed by atoms with Gasteiger partial charge in [0, 0.05) is 42.5 Å². The summed E-state index contributed by atoms with van der Waals surface area (Å²) in [5.41, 5.74) is 1.45. The van der Waals surface area contributed by atoms with Crippen molar-refractivity contribution in [3.63, 3.8) is 0 Å². The zero-order valence-electron chi connectivity index (χ0n) is 14.4. The summed E-state index contributed by atoms with van der Waals surface area (Å²) in [5, 5.41) is 3.12. The van der Waals surface area contributed by atoms with E-state index < -0.39 is 5.91 Å². The van der Waals surface area contributed by atoms with E-state index in [1.165, 1.54) is 0 Å². The molecule has 0 spiro atoms. The van der Waals surface area contributed by atoms with Crippen LogP contribution in [0.2, 0.25) is 5.02 Å². The molecule has 6 nitrogen and oxygen atoms in total. The van der Waals surface area contributed by atoms with Gasteiger partial charge in [-0.2, -0.15) is 0 Å². The number of halogens is 1. The van der Waals surface area contributed by atoms with Gasteiger partial charge >= 0.3 is 6.03 Å². The molecule has 2 aromatic rings. The van der Waals surface area contributed by atoms with Gasteiger partial charge in [-0.15, -0.1) is 0 Å². The Balaban J connectivity index is 1.54.